The fraction of sp³-hybridized carbons (Fsp3) is 0.391. The van der Waals surface area contributed by atoms with Gasteiger partial charge < -0.3 is 10.4 Å². The molecule has 30 heavy (non-hydrogen) atoms. The molecule has 154 valence electrons. The van der Waals surface area contributed by atoms with Crippen molar-refractivity contribution in [1.29, 1.82) is 0 Å². The summed E-state index contributed by atoms with van der Waals surface area (Å²) < 4.78 is 1.44. The second-order valence-electron chi connectivity index (χ2n) is 8.44. The number of carboxylic acids is 1. The summed E-state index contributed by atoms with van der Waals surface area (Å²) in [6, 6.07) is 9.11. The van der Waals surface area contributed by atoms with Crippen molar-refractivity contribution >= 4 is 28.4 Å². The lowest BCUT2D eigenvalue weighted by atomic mass is 9.86. The third-order valence-corrected chi connectivity index (χ3v) is 6.37. The van der Waals surface area contributed by atoms with E-state index >= 15 is 0 Å². The molecule has 0 spiro atoms. The first kappa shape index (κ1) is 18.8. The van der Waals surface area contributed by atoms with Crippen molar-refractivity contribution in [2.45, 2.75) is 50.5 Å². The molecular formula is C23H23N3O4. The molecule has 1 aromatic carbocycles. The molecule has 2 aliphatic rings. The molecule has 0 unspecified atom stereocenters. The molecule has 2 fully saturated rings. The maximum Gasteiger partial charge on any atom is 0.306 e. The zero-order valence-corrected chi connectivity index (χ0v) is 16.5. The predicted molar refractivity (Wildman–Crippen MR) is 112 cm³/mol. The third-order valence-electron chi connectivity index (χ3n) is 6.37. The average Bonchev–Trinajstić information content (AvgIpc) is 3.59. The van der Waals surface area contributed by atoms with Gasteiger partial charge in [-0.05, 0) is 74.3 Å². The lowest BCUT2D eigenvalue weighted by Gasteiger charge is -2.26. The number of fused-ring (bicyclic) bond motifs is 2. The van der Waals surface area contributed by atoms with E-state index in [1.165, 1.54) is 9.96 Å². The zero-order chi connectivity index (χ0) is 20.8. The molecule has 2 saturated carbocycles. The molecule has 2 aliphatic carbocycles. The van der Waals surface area contributed by atoms with Crippen LogP contribution in [0.3, 0.4) is 0 Å². The third kappa shape index (κ3) is 3.34. The Bertz CT molecular complexity index is 1220. The maximum absolute atomic E-state index is 13.1. The Balaban J connectivity index is 1.46. The summed E-state index contributed by atoms with van der Waals surface area (Å²) in [5.41, 5.74) is 2.28. The van der Waals surface area contributed by atoms with Crippen molar-refractivity contribution in [3.8, 4) is 0 Å². The number of pyridine rings is 1. The number of amides is 1. The van der Waals surface area contributed by atoms with E-state index < -0.39 is 5.97 Å². The zero-order valence-electron chi connectivity index (χ0n) is 16.5. The number of benzene rings is 1. The van der Waals surface area contributed by atoms with E-state index in [0.29, 0.717) is 53.7 Å². The summed E-state index contributed by atoms with van der Waals surface area (Å²) in [5.74, 6) is -0.840. The number of rotatable bonds is 4. The van der Waals surface area contributed by atoms with Gasteiger partial charge in [0.25, 0.3) is 11.5 Å². The summed E-state index contributed by atoms with van der Waals surface area (Å²) in [6.45, 7) is 0. The van der Waals surface area contributed by atoms with Crippen LogP contribution >= 0.6 is 0 Å². The van der Waals surface area contributed by atoms with Crippen molar-refractivity contribution < 1.29 is 14.7 Å². The van der Waals surface area contributed by atoms with Crippen LogP contribution in [0.4, 0.5) is 0 Å². The van der Waals surface area contributed by atoms with E-state index in [1.807, 2.05) is 18.2 Å². The number of nitrogens with zero attached hydrogens (tertiary/aromatic N) is 2. The maximum atomic E-state index is 13.1. The van der Waals surface area contributed by atoms with E-state index in [1.54, 1.807) is 18.3 Å². The Hall–Kier alpha value is -3.22. The van der Waals surface area contributed by atoms with Gasteiger partial charge in [-0.15, -0.1) is 0 Å². The molecule has 0 bridgehead atoms. The van der Waals surface area contributed by atoms with Crippen molar-refractivity contribution in [3.05, 3.63) is 58.0 Å². The molecule has 2 heterocycles. The fourth-order valence-electron chi connectivity index (χ4n) is 4.44. The molecular weight excluding hydrogens is 382 g/mol. The van der Waals surface area contributed by atoms with Gasteiger partial charge in [0, 0.05) is 12.2 Å². The van der Waals surface area contributed by atoms with Gasteiger partial charge in [-0.25, -0.2) is 4.98 Å². The number of hydrogen-bond acceptors (Lipinski definition) is 4. The van der Waals surface area contributed by atoms with Gasteiger partial charge in [-0.1, -0.05) is 6.07 Å². The standard InChI is InChI=1S/C23H23N3O4/c27-21(24-16-8-5-14(6-9-16)23(29)30)17-2-1-11-26-20(17)25-19-10-7-15(13-3-4-13)12-18(19)22(26)28/h1-2,7,10-14,16H,3-6,8-9H2,(H,24,27)(H,29,30). The van der Waals surface area contributed by atoms with E-state index in [0.717, 1.165) is 12.8 Å². The van der Waals surface area contributed by atoms with Crippen LogP contribution in [0.5, 0.6) is 0 Å². The van der Waals surface area contributed by atoms with Gasteiger partial charge in [0.05, 0.1) is 22.4 Å². The highest BCUT2D eigenvalue weighted by Gasteiger charge is 2.28. The van der Waals surface area contributed by atoms with Crippen LogP contribution in [0.25, 0.3) is 16.6 Å². The summed E-state index contributed by atoms with van der Waals surface area (Å²) in [5, 5.41) is 12.7. The van der Waals surface area contributed by atoms with Gasteiger partial charge >= 0.3 is 5.97 Å². The minimum absolute atomic E-state index is 0.0679. The second-order valence-corrected chi connectivity index (χ2v) is 8.44. The van der Waals surface area contributed by atoms with Crippen molar-refractivity contribution in [1.82, 2.24) is 14.7 Å². The summed E-state index contributed by atoms with van der Waals surface area (Å²) in [6.07, 6.45) is 6.34. The van der Waals surface area contributed by atoms with E-state index in [9.17, 15) is 14.4 Å². The molecule has 0 aliphatic heterocycles. The van der Waals surface area contributed by atoms with Crippen molar-refractivity contribution in [2.75, 3.05) is 0 Å². The highest BCUT2D eigenvalue weighted by Crippen LogP contribution is 2.40. The largest absolute Gasteiger partial charge is 0.481 e. The van der Waals surface area contributed by atoms with Crippen LogP contribution < -0.4 is 10.9 Å². The molecule has 5 rings (SSSR count). The minimum Gasteiger partial charge on any atom is -0.481 e. The van der Waals surface area contributed by atoms with Crippen LogP contribution in [-0.2, 0) is 4.79 Å². The molecule has 0 saturated heterocycles. The van der Waals surface area contributed by atoms with Crippen molar-refractivity contribution in [2.24, 2.45) is 5.92 Å². The van der Waals surface area contributed by atoms with E-state index in [2.05, 4.69) is 10.3 Å². The first-order chi connectivity index (χ1) is 14.5. The Labute approximate surface area is 172 Å². The highest BCUT2D eigenvalue weighted by molar-refractivity contribution is 6.00. The predicted octanol–water partition coefficient (Wildman–Crippen LogP) is 3.10. The van der Waals surface area contributed by atoms with Gasteiger partial charge in [0.15, 0.2) is 5.65 Å². The SMILES string of the molecule is O=C(NC1CCC(C(=O)O)CC1)c1cccn2c(=O)c3cc(C4CC4)ccc3nc12. The number of carboxylic acid groups (broad SMARTS) is 1. The summed E-state index contributed by atoms with van der Waals surface area (Å²) in [7, 11) is 0. The molecule has 2 N–H and O–H groups in total. The Kier molecular flexibility index (Phi) is 4.53. The van der Waals surface area contributed by atoms with Gasteiger partial charge in [0.1, 0.15) is 0 Å². The minimum atomic E-state index is -0.769. The second kappa shape index (κ2) is 7.23. The Morgan fingerprint density at radius 3 is 2.53 bits per heavy atom. The normalized spacial score (nSPS) is 21.6. The highest BCUT2D eigenvalue weighted by atomic mass is 16.4. The van der Waals surface area contributed by atoms with Crippen molar-refractivity contribution in [3.63, 3.8) is 0 Å². The molecule has 0 radical (unpaired) electrons. The molecule has 1 amide bonds. The van der Waals surface area contributed by atoms with Crippen LogP contribution in [0.2, 0.25) is 0 Å². The molecule has 0 atom stereocenters. The van der Waals surface area contributed by atoms with E-state index in [-0.39, 0.29) is 23.4 Å². The fourth-order valence-corrected chi connectivity index (χ4v) is 4.44. The Morgan fingerprint density at radius 2 is 1.83 bits per heavy atom. The monoisotopic (exact) mass is 405 g/mol. The number of aromatic nitrogens is 2. The smallest absolute Gasteiger partial charge is 0.306 e. The molecule has 7 nitrogen and oxygen atoms in total. The number of carbonyl (C=O) groups is 2. The number of carbonyl (C=O) groups excluding carboxylic acids is 1. The topological polar surface area (TPSA) is 101 Å². The van der Waals surface area contributed by atoms with Crippen LogP contribution in [0, 0.1) is 5.92 Å². The van der Waals surface area contributed by atoms with Gasteiger partial charge in [-0.3, -0.25) is 18.8 Å². The van der Waals surface area contributed by atoms with Crippen LogP contribution in [0.15, 0.2) is 41.3 Å². The number of nitrogens with one attached hydrogen (secondary N) is 1. The molecule has 2 aromatic heterocycles. The first-order valence-corrected chi connectivity index (χ1v) is 10.5. The molecule has 3 aromatic rings. The van der Waals surface area contributed by atoms with Gasteiger partial charge in [-0.2, -0.15) is 0 Å². The quantitative estimate of drug-likeness (QED) is 0.650. The van der Waals surface area contributed by atoms with Gasteiger partial charge in [0.2, 0.25) is 0 Å². The van der Waals surface area contributed by atoms with E-state index in [4.69, 9.17) is 5.11 Å². The number of aliphatic carboxylic acids is 1. The van der Waals surface area contributed by atoms with Crippen LogP contribution in [-0.4, -0.2) is 32.4 Å². The summed E-state index contributed by atoms with van der Waals surface area (Å²) >= 11 is 0. The average molecular weight is 405 g/mol. The van der Waals surface area contributed by atoms with Crippen LogP contribution in [0.1, 0.15) is 60.4 Å². The lowest BCUT2D eigenvalue weighted by Crippen LogP contribution is -2.39. The summed E-state index contributed by atoms with van der Waals surface area (Å²) in [4.78, 5) is 41.8. The molecule has 7 heteroatoms. The first-order valence-electron chi connectivity index (χ1n) is 10.5. The Morgan fingerprint density at radius 1 is 1.07 bits per heavy atom. The number of hydrogen-bond donors (Lipinski definition) is 2. The lowest BCUT2D eigenvalue weighted by molar-refractivity contribution is -0.142.